The normalized spacial score (nSPS) is 11.5. The number of anilines is 4. The number of aromatic carboxylic acids is 4. The summed E-state index contributed by atoms with van der Waals surface area (Å²) < 4.78 is 94.4. The van der Waals surface area contributed by atoms with Gasteiger partial charge in [0.2, 0.25) is 40.1 Å². The smallest absolute Gasteiger partial charge is 0.335 e. The Balaban J connectivity index is 0.000000688. The van der Waals surface area contributed by atoms with Gasteiger partial charge in [0.15, 0.2) is 0 Å². The molecule has 632 valence electrons. The molecule has 0 saturated carbocycles. The monoisotopic (exact) mass is 1670 g/mol. The molecule has 3 aromatic heterocycles. The number of unbranched alkanes of at least 4 members (excludes halogenated alkanes) is 8. The largest absolute Gasteiger partial charge is 0.478 e. The van der Waals surface area contributed by atoms with Crippen LogP contribution >= 0.6 is 11.3 Å². The highest BCUT2D eigenvalue weighted by molar-refractivity contribution is 7.90. The van der Waals surface area contributed by atoms with E-state index in [0.717, 1.165) is 179 Å². The lowest BCUT2D eigenvalue weighted by molar-refractivity contribution is 0.0685. The maximum Gasteiger partial charge on any atom is 0.335 e. The van der Waals surface area contributed by atoms with Crippen LogP contribution in [0.3, 0.4) is 0 Å². The highest BCUT2D eigenvalue weighted by Crippen LogP contribution is 2.33. The number of primary sulfonamides is 4. The molecule has 27 nitrogen and oxygen atoms in total. The lowest BCUT2D eigenvalue weighted by Gasteiger charge is -2.27. The van der Waals surface area contributed by atoms with Crippen molar-refractivity contribution in [1.82, 2.24) is 15.3 Å². The molecule has 0 radical (unpaired) electrons. The quantitative estimate of drug-likeness (QED) is 0.0174. The first-order chi connectivity index (χ1) is 53.4. The van der Waals surface area contributed by atoms with Gasteiger partial charge in [0, 0.05) is 99.9 Å². The molecule has 0 aliphatic carbocycles. The SMILES string of the molecule is C1CCNC1.CCCCN(CCCC)c1cc(C(=O)O)cc(S(N)(=O)=O)c1C.CCCCN(CCCC)c1cc(C(=O)O)cc(S(N)(=O)=O)c1C.CCCCN(CCCC)c1cc(C(=O)O)cc(S(N)(=O)=O)c1C.CCCCN(CCCC)c1cc(C(=O)O)cc(S(N)(=O)=O)c1C.c1cc[nH]c1.c1ccncc1.c1ccsc1. The Hall–Kier alpha value is -8.31. The van der Waals surface area contributed by atoms with Gasteiger partial charge in [-0.3, -0.25) is 4.98 Å². The van der Waals surface area contributed by atoms with Crippen LogP contribution in [0.5, 0.6) is 0 Å². The number of sulfonamides is 4. The van der Waals surface area contributed by atoms with E-state index >= 15 is 0 Å². The Labute approximate surface area is 677 Å². The minimum atomic E-state index is -3.98. The zero-order valence-electron chi connectivity index (χ0n) is 68.2. The Bertz CT molecular complexity index is 3790. The summed E-state index contributed by atoms with van der Waals surface area (Å²) in [4.78, 5) is 59.8. The van der Waals surface area contributed by atoms with Crippen molar-refractivity contribution in [2.45, 2.75) is 218 Å². The number of nitrogens with two attached hydrogens (primary N) is 4. The average Bonchev–Trinajstić information content (AvgIpc) is 1.40. The van der Waals surface area contributed by atoms with E-state index in [-0.39, 0.29) is 41.8 Å². The minimum absolute atomic E-state index is 0.0624. The molecule has 0 atom stereocenters. The molecule has 1 saturated heterocycles. The van der Waals surface area contributed by atoms with Gasteiger partial charge in [0.25, 0.3) is 0 Å². The van der Waals surface area contributed by atoms with Crippen molar-refractivity contribution in [2.24, 2.45) is 20.6 Å². The summed E-state index contributed by atoms with van der Waals surface area (Å²) in [5.41, 5.74) is 4.31. The van der Waals surface area contributed by atoms with Gasteiger partial charge in [-0.15, -0.1) is 0 Å². The van der Waals surface area contributed by atoms with Gasteiger partial charge in [0.1, 0.15) is 0 Å². The fourth-order valence-electron chi connectivity index (χ4n) is 11.3. The molecule has 0 amide bonds. The Morgan fingerprint density at radius 3 is 0.699 bits per heavy atom. The van der Waals surface area contributed by atoms with Crippen molar-refractivity contribution in [2.75, 3.05) is 85.0 Å². The Kier molecular flexibility index (Phi) is 50.2. The van der Waals surface area contributed by atoms with Crippen molar-refractivity contribution in [3.05, 3.63) is 171 Å². The average molecular weight is 1670 g/mol. The molecule has 1 aliphatic rings. The molecular weight excluding hydrogens is 1540 g/mol. The van der Waals surface area contributed by atoms with E-state index in [2.05, 4.69) is 90.3 Å². The number of thiophene rings is 1. The predicted octanol–water partition coefficient (Wildman–Crippen LogP) is 15.2. The number of carboxylic acid groups (broad SMARTS) is 4. The number of carbonyl (C=O) groups is 4. The number of H-pyrrole nitrogens is 1. The summed E-state index contributed by atoms with van der Waals surface area (Å²) in [5, 5.41) is 65.4. The number of hydrogen-bond acceptors (Lipinski definition) is 19. The molecule has 14 N–H and O–H groups in total. The second-order valence-corrected chi connectivity index (χ2v) is 33.7. The first kappa shape index (κ1) is 103. The lowest BCUT2D eigenvalue weighted by Crippen LogP contribution is -2.28. The van der Waals surface area contributed by atoms with Crippen LogP contribution in [0.25, 0.3) is 0 Å². The molecule has 4 aromatic carbocycles. The highest BCUT2D eigenvalue weighted by Gasteiger charge is 2.26. The second-order valence-electron chi connectivity index (χ2n) is 26.8. The number of carboxylic acids is 4. The van der Waals surface area contributed by atoms with Crippen LogP contribution in [0, 0.1) is 27.7 Å². The number of hydrogen-bond donors (Lipinski definition) is 10. The lowest BCUT2D eigenvalue weighted by atomic mass is 10.1. The molecule has 0 unspecified atom stereocenters. The van der Waals surface area contributed by atoms with Crippen LogP contribution in [0.1, 0.15) is 235 Å². The van der Waals surface area contributed by atoms with E-state index in [0.29, 0.717) is 45.0 Å². The van der Waals surface area contributed by atoms with E-state index in [1.165, 1.54) is 50.2 Å². The van der Waals surface area contributed by atoms with Gasteiger partial charge in [-0.25, -0.2) is 73.4 Å². The van der Waals surface area contributed by atoms with Crippen LogP contribution in [-0.2, 0) is 40.1 Å². The number of benzene rings is 4. The van der Waals surface area contributed by atoms with Gasteiger partial charge in [-0.2, -0.15) is 11.3 Å². The Morgan fingerprint density at radius 1 is 0.363 bits per heavy atom. The van der Waals surface area contributed by atoms with Crippen molar-refractivity contribution in [3.8, 4) is 0 Å². The van der Waals surface area contributed by atoms with E-state index < -0.39 is 64.0 Å². The topological polar surface area (TPSA) is 444 Å². The van der Waals surface area contributed by atoms with E-state index in [4.69, 9.17) is 20.6 Å². The van der Waals surface area contributed by atoms with Crippen molar-refractivity contribution in [1.29, 1.82) is 0 Å². The number of rotatable bonds is 36. The van der Waals surface area contributed by atoms with Crippen LogP contribution in [0.15, 0.2) is 146 Å². The second kappa shape index (κ2) is 55.2. The van der Waals surface area contributed by atoms with Crippen molar-refractivity contribution in [3.63, 3.8) is 0 Å². The maximum absolute atomic E-state index is 11.8. The number of aromatic amines is 1. The zero-order chi connectivity index (χ0) is 85.3. The molecule has 0 bridgehead atoms. The molecule has 4 heterocycles. The summed E-state index contributed by atoms with van der Waals surface area (Å²) in [6, 6.07) is 24.3. The molecule has 8 rings (SSSR count). The summed E-state index contributed by atoms with van der Waals surface area (Å²) in [7, 11) is -15.9. The molecule has 113 heavy (non-hydrogen) atoms. The standard InChI is InChI=1S/4C16H26N2O4S.C5H5N.C4H9N.C4H5N.C4H4S/c4*1-4-6-8-18(9-7-5-2)14-10-13(16(19)20)11-15(12(14)3)23(17,21)22;1-2-4-6-5-3-1;3*1-2-4-5-3-1/h4*10-11H,4-9H2,1-3H3,(H,19,20)(H2,17,21,22);1-5H;5H,1-4H2;1-5H;1-4H. The van der Waals surface area contributed by atoms with Crippen molar-refractivity contribution >= 4 is 98.1 Å². The van der Waals surface area contributed by atoms with E-state index in [1.54, 1.807) is 51.4 Å². The number of nitrogens with one attached hydrogen (secondary N) is 2. The molecule has 0 spiro atoms. The number of pyridine rings is 1. The van der Waals surface area contributed by atoms with E-state index in [9.17, 15) is 73.3 Å². The Morgan fingerprint density at radius 2 is 0.584 bits per heavy atom. The minimum Gasteiger partial charge on any atom is -0.478 e. The third kappa shape index (κ3) is 39.5. The van der Waals surface area contributed by atoms with Crippen LogP contribution in [0.2, 0.25) is 0 Å². The van der Waals surface area contributed by atoms with Crippen LogP contribution in [0.4, 0.5) is 22.7 Å². The fraction of sp³-hybridized carbons (Fsp3) is 0.494. The number of nitrogens with zero attached hydrogens (tertiary/aromatic N) is 5. The summed E-state index contributed by atoms with van der Waals surface area (Å²) in [6.07, 6.45) is 25.6. The van der Waals surface area contributed by atoms with Gasteiger partial charge < -0.3 is 50.3 Å². The molecule has 1 aliphatic heterocycles. The fourth-order valence-corrected chi connectivity index (χ4v) is 15.1. The van der Waals surface area contributed by atoms with Gasteiger partial charge in [-0.1, -0.05) is 125 Å². The molecule has 1 fully saturated rings. The van der Waals surface area contributed by atoms with Gasteiger partial charge in [0.05, 0.1) is 41.8 Å². The summed E-state index contributed by atoms with van der Waals surface area (Å²) in [5.74, 6) is -4.66. The molecule has 32 heteroatoms. The van der Waals surface area contributed by atoms with Gasteiger partial charge >= 0.3 is 23.9 Å². The van der Waals surface area contributed by atoms with Crippen molar-refractivity contribution < 1.29 is 73.3 Å². The molecular formula is C81H127N11O16S5. The summed E-state index contributed by atoms with van der Waals surface area (Å²) >= 11 is 1.71. The van der Waals surface area contributed by atoms with Crippen LogP contribution in [-0.4, -0.2) is 153 Å². The highest BCUT2D eigenvalue weighted by atomic mass is 32.2. The zero-order valence-corrected chi connectivity index (χ0v) is 72.3. The first-order valence-corrected chi connectivity index (χ1v) is 45.7. The molecule has 7 aromatic rings. The third-order valence-corrected chi connectivity index (χ3v) is 22.4. The summed E-state index contributed by atoms with van der Waals surface area (Å²) in [6.45, 7) is 31.8. The van der Waals surface area contributed by atoms with Crippen LogP contribution < -0.4 is 45.5 Å². The van der Waals surface area contributed by atoms with E-state index in [1.807, 2.05) is 65.6 Å². The van der Waals surface area contributed by atoms with Gasteiger partial charge in [-0.05, 0) is 211 Å². The third-order valence-electron chi connectivity index (χ3n) is 17.6. The number of aromatic nitrogens is 2. The maximum atomic E-state index is 11.8. The first-order valence-electron chi connectivity index (χ1n) is 38.6. The predicted molar refractivity (Wildman–Crippen MR) is 458 cm³/mol.